The van der Waals surface area contributed by atoms with Gasteiger partial charge in [-0.25, -0.2) is 13.2 Å². The Morgan fingerprint density at radius 2 is 1.89 bits per heavy atom. The second kappa shape index (κ2) is 7.06. The van der Waals surface area contributed by atoms with E-state index in [1.807, 2.05) is 0 Å². The lowest BCUT2D eigenvalue weighted by molar-refractivity contribution is 0.0696. The summed E-state index contributed by atoms with van der Waals surface area (Å²) in [5, 5.41) is 8.72. The number of carboxylic acid groups (broad SMARTS) is 1. The maximum atomic E-state index is 11.9. The molecule has 104 valence electrons. The molecule has 5 nitrogen and oxygen atoms in total. The normalized spacial score (nSPS) is 11.2. The van der Waals surface area contributed by atoms with Crippen LogP contribution in [0.4, 0.5) is 0 Å². The van der Waals surface area contributed by atoms with E-state index in [1.165, 1.54) is 24.3 Å². The summed E-state index contributed by atoms with van der Waals surface area (Å²) >= 11 is 0. The van der Waals surface area contributed by atoms with Crippen molar-refractivity contribution in [1.29, 1.82) is 0 Å². The summed E-state index contributed by atoms with van der Waals surface area (Å²) in [6, 6.07) is 5.13. The zero-order chi connectivity index (χ0) is 14.3. The number of hydrogen-bond donors (Lipinski definition) is 1. The highest BCUT2D eigenvalue weighted by molar-refractivity contribution is 7.91. The molecule has 1 aromatic rings. The minimum atomic E-state index is -3.43. The molecule has 0 amide bonds. The average molecular weight is 284 g/mol. The van der Waals surface area contributed by atoms with E-state index in [4.69, 9.17) is 9.84 Å². The number of ether oxygens (including phenoxy) is 1. The Morgan fingerprint density at radius 1 is 1.26 bits per heavy atom. The van der Waals surface area contributed by atoms with E-state index in [2.05, 4.69) is 6.58 Å². The van der Waals surface area contributed by atoms with Gasteiger partial charge >= 0.3 is 5.97 Å². The summed E-state index contributed by atoms with van der Waals surface area (Å²) in [7, 11) is -3.43. The van der Waals surface area contributed by atoms with Crippen LogP contribution in [0.1, 0.15) is 16.8 Å². The summed E-state index contributed by atoms with van der Waals surface area (Å²) in [4.78, 5) is 10.8. The Morgan fingerprint density at radius 3 is 2.42 bits per heavy atom. The van der Waals surface area contributed by atoms with Crippen molar-refractivity contribution in [3.63, 3.8) is 0 Å². The minimum Gasteiger partial charge on any atom is -0.478 e. The first-order valence-corrected chi connectivity index (χ1v) is 7.37. The molecule has 1 aromatic carbocycles. The lowest BCUT2D eigenvalue weighted by Crippen LogP contribution is -2.13. The number of sulfone groups is 1. The molecule has 0 bridgehead atoms. The van der Waals surface area contributed by atoms with Crippen molar-refractivity contribution in [3.8, 4) is 0 Å². The van der Waals surface area contributed by atoms with E-state index in [0.29, 0.717) is 13.0 Å². The van der Waals surface area contributed by atoms with Gasteiger partial charge in [0.1, 0.15) is 0 Å². The summed E-state index contributed by atoms with van der Waals surface area (Å²) in [6.45, 7) is 4.08. The second-order valence-electron chi connectivity index (χ2n) is 3.84. The standard InChI is InChI=1S/C13H16O5S/c1-2-3-8-18-9-10-19(16,17)12-6-4-11(5-7-12)13(14)15/h2,4-7H,1,3,8-10H2,(H,14,15). The van der Waals surface area contributed by atoms with Gasteiger partial charge in [-0.2, -0.15) is 0 Å². The number of benzene rings is 1. The molecule has 0 aliphatic rings. The zero-order valence-electron chi connectivity index (χ0n) is 10.4. The second-order valence-corrected chi connectivity index (χ2v) is 5.95. The smallest absolute Gasteiger partial charge is 0.335 e. The van der Waals surface area contributed by atoms with Crippen molar-refractivity contribution in [3.05, 3.63) is 42.5 Å². The third kappa shape index (κ3) is 4.84. The molecule has 0 radical (unpaired) electrons. The maximum absolute atomic E-state index is 11.9. The van der Waals surface area contributed by atoms with E-state index < -0.39 is 15.8 Å². The quantitative estimate of drug-likeness (QED) is 0.581. The molecule has 0 heterocycles. The van der Waals surface area contributed by atoms with Crippen LogP contribution in [0.15, 0.2) is 41.8 Å². The maximum Gasteiger partial charge on any atom is 0.335 e. The predicted molar refractivity (Wildman–Crippen MR) is 71.1 cm³/mol. The molecular formula is C13H16O5S. The Bertz CT molecular complexity index is 531. The monoisotopic (exact) mass is 284 g/mol. The van der Waals surface area contributed by atoms with E-state index >= 15 is 0 Å². The number of rotatable bonds is 8. The van der Waals surface area contributed by atoms with Gasteiger partial charge in [-0.15, -0.1) is 6.58 Å². The fraction of sp³-hybridized carbons (Fsp3) is 0.308. The Hall–Kier alpha value is -1.66. The highest BCUT2D eigenvalue weighted by atomic mass is 32.2. The van der Waals surface area contributed by atoms with Crippen LogP contribution in [0, 0.1) is 0 Å². The van der Waals surface area contributed by atoms with Crippen molar-refractivity contribution in [2.45, 2.75) is 11.3 Å². The molecule has 0 saturated carbocycles. The highest BCUT2D eigenvalue weighted by Crippen LogP contribution is 2.12. The number of carboxylic acids is 1. The molecule has 0 saturated heterocycles. The largest absolute Gasteiger partial charge is 0.478 e. The lowest BCUT2D eigenvalue weighted by Gasteiger charge is -2.05. The van der Waals surface area contributed by atoms with Crippen LogP contribution in [0.5, 0.6) is 0 Å². The van der Waals surface area contributed by atoms with E-state index in [1.54, 1.807) is 6.08 Å². The molecule has 0 aliphatic heterocycles. The molecule has 0 spiro atoms. The Kier molecular flexibility index (Phi) is 5.72. The minimum absolute atomic E-state index is 0.0567. The summed E-state index contributed by atoms with van der Waals surface area (Å²) < 4.78 is 28.9. The third-order valence-corrected chi connectivity index (χ3v) is 4.12. The van der Waals surface area contributed by atoms with E-state index in [-0.39, 0.29) is 22.8 Å². The molecule has 1 rings (SSSR count). The first-order valence-electron chi connectivity index (χ1n) is 5.72. The van der Waals surface area contributed by atoms with E-state index in [0.717, 1.165) is 0 Å². The fourth-order valence-electron chi connectivity index (χ4n) is 1.36. The number of hydrogen-bond acceptors (Lipinski definition) is 4. The first kappa shape index (κ1) is 15.4. The average Bonchev–Trinajstić information content (AvgIpc) is 2.38. The van der Waals surface area contributed by atoms with Crippen LogP contribution in [-0.4, -0.2) is 38.5 Å². The van der Waals surface area contributed by atoms with Gasteiger partial charge in [0.25, 0.3) is 0 Å². The third-order valence-electron chi connectivity index (χ3n) is 2.42. The zero-order valence-corrected chi connectivity index (χ0v) is 11.2. The molecule has 19 heavy (non-hydrogen) atoms. The van der Waals surface area contributed by atoms with Gasteiger partial charge in [-0.1, -0.05) is 6.08 Å². The molecule has 1 N–H and O–H groups in total. The Labute approximate surface area is 112 Å². The molecule has 6 heteroatoms. The summed E-state index contributed by atoms with van der Waals surface area (Å²) in [5.41, 5.74) is 0.0567. The highest BCUT2D eigenvalue weighted by Gasteiger charge is 2.14. The molecular weight excluding hydrogens is 268 g/mol. The van der Waals surface area contributed by atoms with E-state index in [9.17, 15) is 13.2 Å². The van der Waals surface area contributed by atoms with Crippen LogP contribution in [0.3, 0.4) is 0 Å². The van der Waals surface area contributed by atoms with Crippen LogP contribution >= 0.6 is 0 Å². The van der Waals surface area contributed by atoms with Gasteiger partial charge in [0, 0.05) is 0 Å². The molecule has 0 aromatic heterocycles. The topological polar surface area (TPSA) is 80.7 Å². The molecule has 0 aliphatic carbocycles. The molecule has 0 fully saturated rings. The lowest BCUT2D eigenvalue weighted by atomic mass is 10.2. The van der Waals surface area contributed by atoms with Gasteiger partial charge in [0.15, 0.2) is 9.84 Å². The van der Waals surface area contributed by atoms with Crippen molar-refractivity contribution < 1.29 is 23.1 Å². The number of aromatic carboxylic acids is 1. The van der Waals surface area contributed by atoms with Gasteiger partial charge in [-0.3, -0.25) is 0 Å². The number of carbonyl (C=O) groups is 1. The first-order chi connectivity index (χ1) is 8.97. The summed E-state index contributed by atoms with van der Waals surface area (Å²) in [6.07, 6.45) is 2.37. The van der Waals surface area contributed by atoms with Crippen molar-refractivity contribution in [1.82, 2.24) is 0 Å². The van der Waals surface area contributed by atoms with Crippen LogP contribution in [0.25, 0.3) is 0 Å². The van der Waals surface area contributed by atoms with Gasteiger partial charge in [0.2, 0.25) is 0 Å². The predicted octanol–water partition coefficient (Wildman–Crippen LogP) is 1.75. The molecule has 0 atom stereocenters. The van der Waals surface area contributed by atoms with Gasteiger partial charge < -0.3 is 9.84 Å². The SMILES string of the molecule is C=CCCOCCS(=O)(=O)c1ccc(C(=O)O)cc1. The van der Waals surface area contributed by atoms with Crippen molar-refractivity contribution >= 4 is 15.8 Å². The van der Waals surface area contributed by atoms with Gasteiger partial charge in [0.05, 0.1) is 29.4 Å². The Balaban J connectivity index is 2.61. The fourth-order valence-corrected chi connectivity index (χ4v) is 2.48. The van der Waals surface area contributed by atoms with Crippen LogP contribution < -0.4 is 0 Å². The molecule has 0 unspecified atom stereocenters. The van der Waals surface area contributed by atoms with Crippen molar-refractivity contribution in [2.75, 3.05) is 19.0 Å². The van der Waals surface area contributed by atoms with Crippen molar-refractivity contribution in [2.24, 2.45) is 0 Å². The van der Waals surface area contributed by atoms with Crippen LogP contribution in [0.2, 0.25) is 0 Å². The van der Waals surface area contributed by atoms with Crippen LogP contribution in [-0.2, 0) is 14.6 Å². The van der Waals surface area contributed by atoms with Gasteiger partial charge in [-0.05, 0) is 30.7 Å². The summed E-state index contributed by atoms with van der Waals surface area (Å²) in [5.74, 6) is -1.21.